The Hall–Kier alpha value is -3.32. The predicted octanol–water partition coefficient (Wildman–Crippen LogP) is 4.89. The third-order valence-electron chi connectivity index (χ3n) is 5.93. The molecule has 4 rings (SSSR count). The van der Waals surface area contributed by atoms with Gasteiger partial charge in [0.1, 0.15) is 6.04 Å². The summed E-state index contributed by atoms with van der Waals surface area (Å²) in [7, 11) is 0. The molecule has 1 N–H and O–H groups in total. The van der Waals surface area contributed by atoms with Crippen LogP contribution in [-0.4, -0.2) is 36.1 Å². The Bertz CT molecular complexity index is 1170. The molecule has 1 heterocycles. The average Bonchev–Trinajstić information content (AvgIpc) is 3.33. The smallest absolute Gasteiger partial charge is 0.243 e. The van der Waals surface area contributed by atoms with Crippen LogP contribution in [0.3, 0.4) is 0 Å². The Morgan fingerprint density at radius 3 is 2.49 bits per heavy atom. The van der Waals surface area contributed by atoms with Gasteiger partial charge in [-0.15, -0.1) is 0 Å². The number of aryl methyl sites for hydroxylation is 1. The highest BCUT2D eigenvalue weighted by Crippen LogP contribution is 2.33. The molecule has 7 heteroatoms. The molecule has 0 aromatic heterocycles. The largest absolute Gasteiger partial charge is 0.454 e. The summed E-state index contributed by atoms with van der Waals surface area (Å²) >= 11 is 3.51. The summed E-state index contributed by atoms with van der Waals surface area (Å²) in [6.07, 6.45) is 1.26. The molecular weight excluding hydrogens is 508 g/mol. The van der Waals surface area contributed by atoms with E-state index in [4.69, 9.17) is 9.47 Å². The van der Waals surface area contributed by atoms with Crippen LogP contribution < -0.4 is 14.8 Å². The maximum atomic E-state index is 13.7. The number of halogens is 1. The normalized spacial score (nSPS) is 12.7. The van der Waals surface area contributed by atoms with Crippen molar-refractivity contribution < 1.29 is 19.1 Å². The number of benzene rings is 3. The van der Waals surface area contributed by atoms with Gasteiger partial charge in [0.2, 0.25) is 18.6 Å². The summed E-state index contributed by atoms with van der Waals surface area (Å²) in [5.74, 6) is 1.19. The van der Waals surface area contributed by atoms with Gasteiger partial charge in [-0.05, 0) is 54.3 Å². The Kier molecular flexibility index (Phi) is 8.42. The number of nitrogens with zero attached hydrogens (tertiary/aromatic N) is 1. The first-order valence-electron chi connectivity index (χ1n) is 11.8. The molecule has 1 aliphatic heterocycles. The maximum absolute atomic E-state index is 13.7. The van der Waals surface area contributed by atoms with Crippen LogP contribution in [0.5, 0.6) is 11.5 Å². The van der Waals surface area contributed by atoms with Crippen molar-refractivity contribution in [2.75, 3.05) is 13.3 Å². The standard InChI is InChI=1S/C28H29BrN2O4/c1-2-30-28(33)24(16-20-7-4-3-5-8-20)31(18-22-9-6-10-23(29)15-22)27(32)14-12-21-11-13-25-26(17-21)35-19-34-25/h3-11,13,15,17,24H,2,12,14,16,18-19H2,1H3,(H,30,33). The summed E-state index contributed by atoms with van der Waals surface area (Å²) in [6, 6.07) is 22.8. The SMILES string of the molecule is CCNC(=O)C(Cc1ccccc1)N(Cc1cccc(Br)c1)C(=O)CCc1ccc2c(c1)OCO2. The summed E-state index contributed by atoms with van der Waals surface area (Å²) in [5.41, 5.74) is 2.95. The van der Waals surface area contributed by atoms with E-state index in [0.717, 1.165) is 26.9 Å². The second-order valence-corrected chi connectivity index (χ2v) is 9.35. The van der Waals surface area contributed by atoms with E-state index in [2.05, 4.69) is 21.2 Å². The molecule has 0 fully saturated rings. The first-order chi connectivity index (χ1) is 17.0. The van der Waals surface area contributed by atoms with Crippen molar-refractivity contribution in [3.8, 4) is 11.5 Å². The van der Waals surface area contributed by atoms with Gasteiger partial charge in [-0.1, -0.05) is 64.5 Å². The molecule has 0 spiro atoms. The highest BCUT2D eigenvalue weighted by molar-refractivity contribution is 9.10. The zero-order chi connectivity index (χ0) is 24.6. The fraction of sp³-hybridized carbons (Fsp3) is 0.286. The number of likely N-dealkylation sites (N-methyl/N-ethyl adjacent to an activating group) is 1. The van der Waals surface area contributed by atoms with Gasteiger partial charge in [-0.2, -0.15) is 0 Å². The Labute approximate surface area is 214 Å². The van der Waals surface area contributed by atoms with Crippen molar-refractivity contribution in [1.82, 2.24) is 10.2 Å². The number of carbonyl (C=O) groups is 2. The molecule has 3 aromatic rings. The molecule has 2 amide bonds. The van der Waals surface area contributed by atoms with Crippen molar-refractivity contribution in [2.45, 2.75) is 38.8 Å². The second kappa shape index (κ2) is 11.9. The Balaban J connectivity index is 1.58. The fourth-order valence-corrected chi connectivity index (χ4v) is 4.62. The van der Waals surface area contributed by atoms with Crippen molar-refractivity contribution >= 4 is 27.7 Å². The Morgan fingerprint density at radius 2 is 1.71 bits per heavy atom. The molecular formula is C28H29BrN2O4. The van der Waals surface area contributed by atoms with Gasteiger partial charge >= 0.3 is 0 Å². The fourth-order valence-electron chi connectivity index (χ4n) is 4.17. The number of fused-ring (bicyclic) bond motifs is 1. The van der Waals surface area contributed by atoms with E-state index >= 15 is 0 Å². The van der Waals surface area contributed by atoms with Crippen LogP contribution >= 0.6 is 15.9 Å². The molecule has 1 atom stereocenters. The topological polar surface area (TPSA) is 67.9 Å². The zero-order valence-electron chi connectivity index (χ0n) is 19.7. The zero-order valence-corrected chi connectivity index (χ0v) is 21.3. The third kappa shape index (κ3) is 6.63. The molecule has 182 valence electrons. The molecule has 3 aromatic carbocycles. The lowest BCUT2D eigenvalue weighted by atomic mass is 10.0. The van der Waals surface area contributed by atoms with Gasteiger partial charge < -0.3 is 19.7 Å². The molecule has 35 heavy (non-hydrogen) atoms. The third-order valence-corrected chi connectivity index (χ3v) is 6.42. The van der Waals surface area contributed by atoms with E-state index in [9.17, 15) is 9.59 Å². The molecule has 6 nitrogen and oxygen atoms in total. The average molecular weight is 537 g/mol. The van der Waals surface area contributed by atoms with Crippen molar-refractivity contribution in [3.63, 3.8) is 0 Å². The number of hydrogen-bond donors (Lipinski definition) is 1. The minimum absolute atomic E-state index is 0.0742. The molecule has 0 saturated heterocycles. The van der Waals surface area contributed by atoms with E-state index in [0.29, 0.717) is 31.7 Å². The lowest BCUT2D eigenvalue weighted by molar-refractivity contribution is -0.141. The molecule has 0 radical (unpaired) electrons. The number of rotatable bonds is 10. The van der Waals surface area contributed by atoms with Crippen LogP contribution in [0.25, 0.3) is 0 Å². The van der Waals surface area contributed by atoms with E-state index in [1.54, 1.807) is 4.90 Å². The maximum Gasteiger partial charge on any atom is 0.243 e. The van der Waals surface area contributed by atoms with Gasteiger partial charge in [0.05, 0.1) is 0 Å². The van der Waals surface area contributed by atoms with Crippen molar-refractivity contribution in [3.05, 3.63) is 94.0 Å². The van der Waals surface area contributed by atoms with E-state index in [1.807, 2.05) is 79.7 Å². The highest BCUT2D eigenvalue weighted by Gasteiger charge is 2.30. The van der Waals surface area contributed by atoms with Crippen molar-refractivity contribution in [2.24, 2.45) is 0 Å². The van der Waals surface area contributed by atoms with E-state index in [-0.39, 0.29) is 25.0 Å². The van der Waals surface area contributed by atoms with Gasteiger partial charge in [-0.25, -0.2) is 0 Å². The quantitative estimate of drug-likeness (QED) is 0.400. The first-order valence-corrected chi connectivity index (χ1v) is 12.6. The van der Waals surface area contributed by atoms with Gasteiger partial charge in [0.15, 0.2) is 11.5 Å². The lowest BCUT2D eigenvalue weighted by Crippen LogP contribution is -2.50. The minimum atomic E-state index is -0.624. The summed E-state index contributed by atoms with van der Waals surface area (Å²) < 4.78 is 11.8. The van der Waals surface area contributed by atoms with Gasteiger partial charge in [-0.3, -0.25) is 9.59 Å². The molecule has 0 aliphatic carbocycles. The van der Waals surface area contributed by atoms with Gasteiger partial charge in [0, 0.05) is 30.4 Å². The lowest BCUT2D eigenvalue weighted by Gasteiger charge is -2.31. The molecule has 0 bridgehead atoms. The summed E-state index contributed by atoms with van der Waals surface area (Å²) in [6.45, 7) is 2.94. The number of nitrogens with one attached hydrogen (secondary N) is 1. The Morgan fingerprint density at radius 1 is 0.943 bits per heavy atom. The molecule has 0 saturated carbocycles. The first kappa shape index (κ1) is 24.8. The van der Waals surface area contributed by atoms with Crippen LogP contribution in [0, 0.1) is 0 Å². The molecule has 1 unspecified atom stereocenters. The number of carbonyl (C=O) groups excluding carboxylic acids is 2. The number of ether oxygens (including phenoxy) is 2. The minimum Gasteiger partial charge on any atom is -0.454 e. The predicted molar refractivity (Wildman–Crippen MR) is 138 cm³/mol. The highest BCUT2D eigenvalue weighted by atomic mass is 79.9. The van der Waals surface area contributed by atoms with E-state index in [1.165, 1.54) is 0 Å². The van der Waals surface area contributed by atoms with Crippen molar-refractivity contribution in [1.29, 1.82) is 0 Å². The van der Waals surface area contributed by atoms with E-state index < -0.39 is 6.04 Å². The van der Waals surface area contributed by atoms with Crippen LogP contribution in [0.2, 0.25) is 0 Å². The van der Waals surface area contributed by atoms with Crippen LogP contribution in [-0.2, 0) is 29.0 Å². The monoisotopic (exact) mass is 536 g/mol. The molecule has 1 aliphatic rings. The summed E-state index contributed by atoms with van der Waals surface area (Å²) in [5, 5.41) is 2.93. The second-order valence-electron chi connectivity index (χ2n) is 8.44. The van der Waals surface area contributed by atoms with Crippen LogP contribution in [0.15, 0.2) is 77.3 Å². The van der Waals surface area contributed by atoms with Crippen LogP contribution in [0.1, 0.15) is 30.0 Å². The summed E-state index contributed by atoms with van der Waals surface area (Å²) in [4.78, 5) is 28.6. The van der Waals surface area contributed by atoms with Crippen LogP contribution in [0.4, 0.5) is 0 Å². The number of hydrogen-bond acceptors (Lipinski definition) is 4. The van der Waals surface area contributed by atoms with Gasteiger partial charge in [0.25, 0.3) is 0 Å². The number of amides is 2.